The predicted octanol–water partition coefficient (Wildman–Crippen LogP) is 4.35. The Morgan fingerprint density at radius 3 is 2.60 bits per heavy atom. The second-order valence-electron chi connectivity index (χ2n) is 6.27. The van der Waals surface area contributed by atoms with E-state index >= 15 is 0 Å². The van der Waals surface area contributed by atoms with Crippen LogP contribution in [0.5, 0.6) is 0 Å². The molecule has 0 fully saturated rings. The Morgan fingerprint density at radius 1 is 1.30 bits per heavy atom. The van der Waals surface area contributed by atoms with Crippen molar-refractivity contribution in [2.24, 2.45) is 0 Å². The number of benzene rings is 1. The van der Waals surface area contributed by atoms with E-state index in [2.05, 4.69) is 20.8 Å². The number of hydrogen-bond donors (Lipinski definition) is 1. The van der Waals surface area contributed by atoms with Crippen molar-refractivity contribution < 1.29 is 4.79 Å². The number of hydrogen-bond acceptors (Lipinski definition) is 3. The van der Waals surface area contributed by atoms with Gasteiger partial charge in [0, 0.05) is 15.9 Å². The minimum Gasteiger partial charge on any atom is -0.390 e. The van der Waals surface area contributed by atoms with Crippen LogP contribution in [0.3, 0.4) is 0 Å². The maximum Gasteiger partial charge on any atom is 0.196 e. The van der Waals surface area contributed by atoms with Crippen molar-refractivity contribution in [3.63, 3.8) is 0 Å². The van der Waals surface area contributed by atoms with Gasteiger partial charge in [0.25, 0.3) is 0 Å². The van der Waals surface area contributed by atoms with Gasteiger partial charge in [0.2, 0.25) is 0 Å². The van der Waals surface area contributed by atoms with Gasteiger partial charge in [0.15, 0.2) is 5.78 Å². The average molecular weight is 285 g/mol. The summed E-state index contributed by atoms with van der Waals surface area (Å²) in [6.45, 7) is 6.67. The van der Waals surface area contributed by atoms with Crippen molar-refractivity contribution >= 4 is 22.1 Å². The molecule has 0 saturated heterocycles. The van der Waals surface area contributed by atoms with Crippen LogP contribution in [-0.4, -0.2) is 5.78 Å². The standard InChI is InChI=1S/C17H19NOS/c1-10-9-17(2,3)15-12(10)13(16(18)20-15)14(19)11-7-5-4-6-8-11/h4-8,10H,9,18H2,1-3H3. The molecule has 2 N–H and O–H groups in total. The van der Waals surface area contributed by atoms with Gasteiger partial charge in [-0.2, -0.15) is 0 Å². The van der Waals surface area contributed by atoms with E-state index in [1.807, 2.05) is 30.3 Å². The molecule has 0 amide bonds. The summed E-state index contributed by atoms with van der Waals surface area (Å²) in [4.78, 5) is 14.1. The molecular weight excluding hydrogens is 266 g/mol. The molecule has 1 aromatic carbocycles. The zero-order valence-electron chi connectivity index (χ0n) is 12.1. The van der Waals surface area contributed by atoms with E-state index in [1.165, 1.54) is 10.4 Å². The van der Waals surface area contributed by atoms with E-state index < -0.39 is 0 Å². The van der Waals surface area contributed by atoms with Crippen LogP contribution in [0.2, 0.25) is 0 Å². The van der Waals surface area contributed by atoms with E-state index in [0.29, 0.717) is 10.9 Å². The third-order valence-electron chi connectivity index (χ3n) is 4.16. The molecule has 1 aromatic heterocycles. The molecule has 2 aromatic rings. The average Bonchev–Trinajstić information content (AvgIpc) is 2.86. The minimum atomic E-state index is 0.0603. The van der Waals surface area contributed by atoms with E-state index in [9.17, 15) is 4.79 Å². The quantitative estimate of drug-likeness (QED) is 0.834. The Bertz CT molecular complexity index is 670. The Kier molecular flexibility index (Phi) is 2.98. The largest absolute Gasteiger partial charge is 0.390 e. The van der Waals surface area contributed by atoms with Crippen molar-refractivity contribution in [1.82, 2.24) is 0 Å². The highest BCUT2D eigenvalue weighted by Gasteiger charge is 2.40. The number of nitrogens with two attached hydrogens (primary N) is 1. The SMILES string of the molecule is CC1CC(C)(C)c2sc(N)c(C(=O)c3ccccc3)c21. The zero-order chi connectivity index (χ0) is 14.5. The molecule has 1 atom stereocenters. The molecule has 0 radical (unpaired) electrons. The highest BCUT2D eigenvalue weighted by atomic mass is 32.1. The third-order valence-corrected chi connectivity index (χ3v) is 5.56. The van der Waals surface area contributed by atoms with Gasteiger partial charge in [-0.3, -0.25) is 4.79 Å². The second kappa shape index (κ2) is 4.45. The van der Waals surface area contributed by atoms with Gasteiger partial charge in [-0.25, -0.2) is 0 Å². The molecule has 0 aliphatic heterocycles. The summed E-state index contributed by atoms with van der Waals surface area (Å²) in [5.41, 5.74) is 8.95. The van der Waals surface area contributed by atoms with Gasteiger partial charge in [0.1, 0.15) is 0 Å². The normalized spacial score (nSPS) is 19.9. The van der Waals surface area contributed by atoms with Crippen molar-refractivity contribution in [2.45, 2.75) is 38.5 Å². The Hall–Kier alpha value is -1.61. The van der Waals surface area contributed by atoms with E-state index in [0.717, 1.165) is 17.5 Å². The van der Waals surface area contributed by atoms with Gasteiger partial charge < -0.3 is 5.73 Å². The van der Waals surface area contributed by atoms with Crippen LogP contribution in [0.15, 0.2) is 30.3 Å². The molecule has 0 saturated carbocycles. The minimum absolute atomic E-state index is 0.0603. The number of nitrogen functional groups attached to an aromatic ring is 1. The summed E-state index contributed by atoms with van der Waals surface area (Å²) in [6.07, 6.45) is 1.09. The fourth-order valence-corrected chi connectivity index (χ4v) is 4.66. The van der Waals surface area contributed by atoms with Crippen molar-refractivity contribution in [3.05, 3.63) is 51.9 Å². The lowest BCUT2D eigenvalue weighted by Crippen LogP contribution is -2.10. The Morgan fingerprint density at radius 2 is 1.95 bits per heavy atom. The van der Waals surface area contributed by atoms with Gasteiger partial charge in [0.05, 0.1) is 10.6 Å². The first-order valence-electron chi connectivity index (χ1n) is 6.94. The lowest BCUT2D eigenvalue weighted by Gasteiger charge is -2.17. The first-order chi connectivity index (χ1) is 9.42. The molecular formula is C17H19NOS. The van der Waals surface area contributed by atoms with Crippen LogP contribution in [-0.2, 0) is 5.41 Å². The molecule has 1 aliphatic carbocycles. The second-order valence-corrected chi connectivity index (χ2v) is 7.32. The number of fused-ring (bicyclic) bond motifs is 1. The zero-order valence-corrected chi connectivity index (χ0v) is 12.9. The van der Waals surface area contributed by atoms with E-state index in [-0.39, 0.29) is 11.2 Å². The number of ketones is 1. The summed E-state index contributed by atoms with van der Waals surface area (Å²) >= 11 is 1.59. The van der Waals surface area contributed by atoms with Crippen molar-refractivity contribution in [3.8, 4) is 0 Å². The van der Waals surface area contributed by atoms with E-state index in [4.69, 9.17) is 5.73 Å². The number of carbonyl (C=O) groups is 1. The van der Waals surface area contributed by atoms with E-state index in [1.54, 1.807) is 11.3 Å². The fraction of sp³-hybridized carbons (Fsp3) is 0.353. The summed E-state index contributed by atoms with van der Waals surface area (Å²) < 4.78 is 0. The first kappa shape index (κ1) is 13.4. The summed E-state index contributed by atoms with van der Waals surface area (Å²) in [7, 11) is 0. The number of carbonyl (C=O) groups excluding carboxylic acids is 1. The lowest BCUT2D eigenvalue weighted by molar-refractivity contribution is 0.103. The van der Waals surface area contributed by atoms with Crippen molar-refractivity contribution in [2.75, 3.05) is 5.73 Å². The van der Waals surface area contributed by atoms with Gasteiger partial charge in [-0.1, -0.05) is 51.1 Å². The molecule has 1 aliphatic rings. The Labute approximate surface area is 123 Å². The number of rotatable bonds is 2. The predicted molar refractivity (Wildman–Crippen MR) is 84.7 cm³/mol. The monoisotopic (exact) mass is 285 g/mol. The summed E-state index contributed by atoms with van der Waals surface area (Å²) in [6, 6.07) is 9.42. The smallest absolute Gasteiger partial charge is 0.196 e. The van der Waals surface area contributed by atoms with Crippen molar-refractivity contribution in [1.29, 1.82) is 0 Å². The topological polar surface area (TPSA) is 43.1 Å². The maximum atomic E-state index is 12.8. The van der Waals surface area contributed by atoms with Gasteiger partial charge in [-0.05, 0) is 17.9 Å². The molecule has 1 heterocycles. The first-order valence-corrected chi connectivity index (χ1v) is 7.76. The van der Waals surface area contributed by atoms with Gasteiger partial charge in [-0.15, -0.1) is 11.3 Å². The highest BCUT2D eigenvalue weighted by Crippen LogP contribution is 2.53. The third kappa shape index (κ3) is 1.88. The summed E-state index contributed by atoms with van der Waals surface area (Å²) in [5, 5.41) is 0.670. The molecule has 0 bridgehead atoms. The van der Waals surface area contributed by atoms with Crippen LogP contribution in [0.4, 0.5) is 5.00 Å². The maximum absolute atomic E-state index is 12.8. The number of anilines is 1. The molecule has 3 rings (SSSR count). The molecule has 20 heavy (non-hydrogen) atoms. The molecule has 1 unspecified atom stereocenters. The van der Waals surface area contributed by atoms with Crippen LogP contribution in [0.1, 0.15) is 59.5 Å². The van der Waals surface area contributed by atoms with Crippen LogP contribution in [0, 0.1) is 0 Å². The van der Waals surface area contributed by atoms with Crippen LogP contribution < -0.4 is 5.73 Å². The number of thiophene rings is 1. The van der Waals surface area contributed by atoms with Crippen LogP contribution >= 0.6 is 11.3 Å². The molecule has 2 nitrogen and oxygen atoms in total. The van der Waals surface area contributed by atoms with Gasteiger partial charge >= 0.3 is 0 Å². The molecule has 3 heteroatoms. The van der Waals surface area contributed by atoms with Crippen LogP contribution in [0.25, 0.3) is 0 Å². The molecule has 0 spiro atoms. The Balaban J connectivity index is 2.15. The molecule has 104 valence electrons. The highest BCUT2D eigenvalue weighted by molar-refractivity contribution is 7.16. The summed E-state index contributed by atoms with van der Waals surface area (Å²) in [5.74, 6) is 0.460. The fourth-order valence-electron chi connectivity index (χ4n) is 3.36. The lowest BCUT2D eigenvalue weighted by atomic mass is 9.91.